The number of hydrogen-bond donors (Lipinski definition) is 0. The lowest BCUT2D eigenvalue weighted by molar-refractivity contribution is -0.0121. The van der Waals surface area contributed by atoms with Crippen molar-refractivity contribution in [2.45, 2.75) is 32.1 Å². The van der Waals surface area contributed by atoms with Gasteiger partial charge in [-0.15, -0.1) is 0 Å². The van der Waals surface area contributed by atoms with Gasteiger partial charge in [-0.3, -0.25) is 9.88 Å². The first-order valence-electron chi connectivity index (χ1n) is 8.31. The van der Waals surface area contributed by atoms with Crippen molar-refractivity contribution < 1.29 is 9.37 Å². The van der Waals surface area contributed by atoms with Gasteiger partial charge in [0.2, 0.25) is 0 Å². The first-order valence-corrected chi connectivity index (χ1v) is 8.31. The van der Waals surface area contributed by atoms with E-state index in [1.165, 1.54) is 5.56 Å². The molecule has 1 fully saturated rings. The highest BCUT2D eigenvalue weighted by atomic mass is 16.6. The molecule has 0 spiro atoms. The number of pyridine rings is 1. The zero-order valence-corrected chi connectivity index (χ0v) is 13.5. The van der Waals surface area contributed by atoms with Crippen molar-refractivity contribution in [1.29, 1.82) is 0 Å². The third kappa shape index (κ3) is 3.60. The van der Waals surface area contributed by atoms with Crippen LogP contribution >= 0.6 is 0 Å². The van der Waals surface area contributed by atoms with Gasteiger partial charge in [-0.2, -0.15) is 0 Å². The van der Waals surface area contributed by atoms with Gasteiger partial charge in [-0.25, -0.2) is 4.63 Å². The maximum absolute atomic E-state index is 6.08. The summed E-state index contributed by atoms with van der Waals surface area (Å²) in [6.07, 6.45) is 6.19. The molecule has 3 heterocycles. The predicted molar refractivity (Wildman–Crippen MR) is 89.1 cm³/mol. The number of rotatable bonds is 5. The second-order valence-corrected chi connectivity index (χ2v) is 6.26. The van der Waals surface area contributed by atoms with Gasteiger partial charge in [-0.1, -0.05) is 12.1 Å². The lowest BCUT2D eigenvalue weighted by atomic mass is 10.1. The van der Waals surface area contributed by atoms with Crippen LogP contribution in [0.25, 0.3) is 11.0 Å². The Morgan fingerprint density at radius 3 is 3.04 bits per heavy atom. The van der Waals surface area contributed by atoms with Crippen molar-refractivity contribution in [1.82, 2.24) is 20.2 Å². The predicted octanol–water partition coefficient (Wildman–Crippen LogP) is 2.80. The summed E-state index contributed by atoms with van der Waals surface area (Å²) in [5, 5.41) is 7.76. The van der Waals surface area contributed by atoms with Gasteiger partial charge in [0, 0.05) is 25.5 Å². The number of aromatic nitrogens is 3. The molecule has 0 saturated carbocycles. The van der Waals surface area contributed by atoms with E-state index in [2.05, 4.69) is 32.3 Å². The first kappa shape index (κ1) is 15.2. The lowest BCUT2D eigenvalue weighted by Crippen LogP contribution is -2.39. The molecule has 0 aliphatic carbocycles. The van der Waals surface area contributed by atoms with Crippen LogP contribution in [0.2, 0.25) is 0 Å². The van der Waals surface area contributed by atoms with Gasteiger partial charge in [0.25, 0.3) is 0 Å². The van der Waals surface area contributed by atoms with Crippen LogP contribution in [0.1, 0.15) is 24.0 Å². The molecule has 1 aliphatic rings. The average Bonchev–Trinajstić information content (AvgIpc) is 3.09. The summed E-state index contributed by atoms with van der Waals surface area (Å²) >= 11 is 0. The zero-order chi connectivity index (χ0) is 16.2. The topological polar surface area (TPSA) is 64.3 Å². The van der Waals surface area contributed by atoms with Crippen LogP contribution < -0.4 is 0 Å². The molecule has 24 heavy (non-hydrogen) atoms. The van der Waals surface area contributed by atoms with E-state index in [9.17, 15) is 0 Å². The van der Waals surface area contributed by atoms with E-state index in [4.69, 9.17) is 9.37 Å². The molecule has 6 nitrogen and oxygen atoms in total. The van der Waals surface area contributed by atoms with Gasteiger partial charge in [-0.05, 0) is 59.0 Å². The van der Waals surface area contributed by atoms with Crippen molar-refractivity contribution in [2.75, 3.05) is 13.1 Å². The van der Waals surface area contributed by atoms with Crippen LogP contribution in [0.5, 0.6) is 0 Å². The number of benzene rings is 1. The molecule has 1 aromatic carbocycles. The summed E-state index contributed by atoms with van der Waals surface area (Å²) < 4.78 is 10.8. The Hall–Kier alpha value is -2.31. The number of piperidine rings is 1. The number of likely N-dealkylation sites (tertiary alicyclic amines) is 1. The number of nitrogens with zero attached hydrogens (tertiary/aromatic N) is 4. The fourth-order valence-electron chi connectivity index (χ4n) is 3.17. The van der Waals surface area contributed by atoms with E-state index in [1.807, 2.05) is 24.4 Å². The highest BCUT2D eigenvalue weighted by Gasteiger charge is 2.20. The minimum absolute atomic E-state index is 0.274. The Bertz CT molecular complexity index is 790. The molecule has 0 bridgehead atoms. The molecular weight excluding hydrogens is 304 g/mol. The quantitative estimate of drug-likeness (QED) is 0.719. The van der Waals surface area contributed by atoms with Crippen LogP contribution in [-0.2, 0) is 17.9 Å². The van der Waals surface area contributed by atoms with Crippen LogP contribution in [0, 0.1) is 0 Å². The van der Waals surface area contributed by atoms with E-state index >= 15 is 0 Å². The molecule has 2 aromatic heterocycles. The molecule has 3 aromatic rings. The summed E-state index contributed by atoms with van der Waals surface area (Å²) in [5.41, 5.74) is 3.97. The van der Waals surface area contributed by atoms with Crippen LogP contribution in [-0.4, -0.2) is 39.4 Å². The fourth-order valence-corrected chi connectivity index (χ4v) is 3.17. The Morgan fingerprint density at radius 2 is 2.12 bits per heavy atom. The summed E-state index contributed by atoms with van der Waals surface area (Å²) in [6, 6.07) is 10.1. The van der Waals surface area contributed by atoms with E-state index < -0.39 is 0 Å². The van der Waals surface area contributed by atoms with E-state index in [-0.39, 0.29) is 6.10 Å². The SMILES string of the molecule is c1cncc(COC2CCCN(Cc3ccc4nonc4c3)C2)c1. The Kier molecular flexibility index (Phi) is 4.49. The molecule has 0 N–H and O–H groups in total. The minimum atomic E-state index is 0.274. The first-order chi connectivity index (χ1) is 11.9. The Morgan fingerprint density at radius 1 is 1.17 bits per heavy atom. The van der Waals surface area contributed by atoms with Crippen molar-refractivity contribution in [3.8, 4) is 0 Å². The zero-order valence-electron chi connectivity index (χ0n) is 13.5. The number of ether oxygens (including phenoxy) is 1. The number of fused-ring (bicyclic) bond motifs is 1. The molecule has 1 aliphatic heterocycles. The maximum atomic E-state index is 6.08. The van der Waals surface area contributed by atoms with Gasteiger partial charge in [0.1, 0.15) is 11.0 Å². The van der Waals surface area contributed by atoms with Crippen LogP contribution in [0.15, 0.2) is 47.4 Å². The summed E-state index contributed by atoms with van der Waals surface area (Å²) in [7, 11) is 0. The highest BCUT2D eigenvalue weighted by Crippen LogP contribution is 2.19. The van der Waals surface area contributed by atoms with E-state index in [0.29, 0.717) is 6.61 Å². The lowest BCUT2D eigenvalue weighted by Gasteiger charge is -2.32. The second kappa shape index (κ2) is 7.07. The second-order valence-electron chi connectivity index (χ2n) is 6.26. The largest absolute Gasteiger partial charge is 0.372 e. The molecule has 124 valence electrons. The standard InChI is InChI=1S/C18H20N4O2/c1-3-15(10-19-7-1)13-23-16-4-2-8-22(12-16)11-14-5-6-17-18(9-14)21-24-20-17/h1,3,5-7,9-10,16H,2,4,8,11-13H2. The van der Waals surface area contributed by atoms with Gasteiger partial charge < -0.3 is 4.74 Å². The molecular formula is C18H20N4O2. The van der Waals surface area contributed by atoms with Crippen molar-refractivity contribution in [3.63, 3.8) is 0 Å². The maximum Gasteiger partial charge on any atom is 0.135 e. The molecule has 4 rings (SSSR count). The van der Waals surface area contributed by atoms with Crippen LogP contribution in [0.3, 0.4) is 0 Å². The molecule has 0 radical (unpaired) electrons. The molecule has 0 amide bonds. The van der Waals surface area contributed by atoms with Crippen molar-refractivity contribution in [3.05, 3.63) is 53.9 Å². The van der Waals surface area contributed by atoms with Crippen molar-refractivity contribution in [2.24, 2.45) is 0 Å². The third-order valence-electron chi connectivity index (χ3n) is 4.40. The number of hydrogen-bond acceptors (Lipinski definition) is 6. The molecule has 6 heteroatoms. The normalized spacial score (nSPS) is 18.9. The Labute approximate surface area is 140 Å². The van der Waals surface area contributed by atoms with Crippen molar-refractivity contribution >= 4 is 11.0 Å². The van der Waals surface area contributed by atoms with Gasteiger partial charge in [0.05, 0.1) is 12.7 Å². The monoisotopic (exact) mass is 324 g/mol. The molecule has 1 saturated heterocycles. The Balaban J connectivity index is 1.34. The smallest absolute Gasteiger partial charge is 0.135 e. The summed E-state index contributed by atoms with van der Waals surface area (Å²) in [5.74, 6) is 0. The summed E-state index contributed by atoms with van der Waals surface area (Å²) in [4.78, 5) is 6.57. The fraction of sp³-hybridized carbons (Fsp3) is 0.389. The van der Waals surface area contributed by atoms with E-state index in [0.717, 1.165) is 49.1 Å². The minimum Gasteiger partial charge on any atom is -0.372 e. The third-order valence-corrected chi connectivity index (χ3v) is 4.40. The molecule has 1 unspecified atom stereocenters. The van der Waals surface area contributed by atoms with Gasteiger partial charge in [0.15, 0.2) is 0 Å². The van der Waals surface area contributed by atoms with E-state index in [1.54, 1.807) is 6.20 Å². The van der Waals surface area contributed by atoms with Crippen LogP contribution in [0.4, 0.5) is 0 Å². The van der Waals surface area contributed by atoms with Gasteiger partial charge >= 0.3 is 0 Å². The highest BCUT2D eigenvalue weighted by molar-refractivity contribution is 5.73. The summed E-state index contributed by atoms with van der Waals surface area (Å²) in [6.45, 7) is 3.58. The molecule has 1 atom stereocenters. The average molecular weight is 324 g/mol.